The largest absolute Gasteiger partial charge is 0.454 e. The molecular formula is C62H42O2. The van der Waals surface area contributed by atoms with Crippen molar-refractivity contribution in [3.8, 4) is 89.4 Å². The van der Waals surface area contributed by atoms with Crippen LogP contribution in [0.3, 0.4) is 0 Å². The molecule has 302 valence electrons. The minimum Gasteiger partial charge on any atom is -0.454 e. The average molecular weight is 819 g/mol. The summed E-state index contributed by atoms with van der Waals surface area (Å²) in [5.41, 5.74) is 20.5. The van der Waals surface area contributed by atoms with E-state index < -0.39 is 5.41 Å². The Kier molecular flexibility index (Phi) is 9.16. The van der Waals surface area contributed by atoms with E-state index in [1.54, 1.807) is 0 Å². The smallest absolute Gasteiger partial charge is 0.231 e. The van der Waals surface area contributed by atoms with Crippen LogP contribution in [0.15, 0.2) is 243 Å². The van der Waals surface area contributed by atoms with Crippen LogP contribution < -0.4 is 9.47 Å². The zero-order chi connectivity index (χ0) is 42.5. The second-order valence-electron chi connectivity index (χ2n) is 16.7. The van der Waals surface area contributed by atoms with Gasteiger partial charge in [-0.2, -0.15) is 0 Å². The number of fused-ring (bicyclic) bond motifs is 4. The third-order valence-electron chi connectivity index (χ3n) is 13.2. The van der Waals surface area contributed by atoms with Gasteiger partial charge in [-0.15, -0.1) is 0 Å². The van der Waals surface area contributed by atoms with Crippen molar-refractivity contribution in [2.24, 2.45) is 0 Å². The van der Waals surface area contributed by atoms with Crippen LogP contribution in [-0.4, -0.2) is 6.79 Å². The van der Waals surface area contributed by atoms with Gasteiger partial charge >= 0.3 is 0 Å². The highest BCUT2D eigenvalue weighted by atomic mass is 16.7. The van der Waals surface area contributed by atoms with E-state index in [1.165, 1.54) is 83.5 Å². The second-order valence-corrected chi connectivity index (χ2v) is 16.7. The molecule has 0 aromatic heterocycles. The lowest BCUT2D eigenvalue weighted by molar-refractivity contribution is 0.174. The Morgan fingerprint density at radius 3 is 1.23 bits per heavy atom. The van der Waals surface area contributed by atoms with Gasteiger partial charge in [-0.1, -0.05) is 206 Å². The number of rotatable bonds is 8. The Morgan fingerprint density at radius 2 is 0.672 bits per heavy atom. The molecule has 2 nitrogen and oxygen atoms in total. The lowest BCUT2D eigenvalue weighted by Crippen LogP contribution is -2.28. The molecule has 64 heavy (non-hydrogen) atoms. The Morgan fingerprint density at radius 1 is 0.266 bits per heavy atom. The molecule has 0 spiro atoms. The molecular weight excluding hydrogens is 777 g/mol. The molecule has 1 aliphatic carbocycles. The molecule has 10 aromatic rings. The van der Waals surface area contributed by atoms with Crippen LogP contribution in [-0.2, 0) is 5.41 Å². The molecule has 0 radical (unpaired) electrons. The Hall–Kier alpha value is -8.20. The molecule has 10 aromatic carbocycles. The van der Waals surface area contributed by atoms with Gasteiger partial charge in [-0.25, -0.2) is 0 Å². The van der Waals surface area contributed by atoms with Crippen LogP contribution in [0.25, 0.3) is 77.9 Å². The van der Waals surface area contributed by atoms with Gasteiger partial charge in [0.1, 0.15) is 0 Å². The number of hydrogen-bond donors (Lipinski definition) is 0. The van der Waals surface area contributed by atoms with E-state index in [4.69, 9.17) is 9.47 Å². The van der Waals surface area contributed by atoms with Crippen LogP contribution in [0.2, 0.25) is 0 Å². The van der Waals surface area contributed by atoms with E-state index in [1.807, 2.05) is 0 Å². The Labute approximate surface area is 374 Å². The summed E-state index contributed by atoms with van der Waals surface area (Å²) in [5.74, 6) is 1.53. The summed E-state index contributed by atoms with van der Waals surface area (Å²) < 4.78 is 12.4. The first-order chi connectivity index (χ1) is 31.7. The van der Waals surface area contributed by atoms with Crippen molar-refractivity contribution < 1.29 is 9.47 Å². The van der Waals surface area contributed by atoms with Crippen LogP contribution >= 0.6 is 0 Å². The van der Waals surface area contributed by atoms with Gasteiger partial charge in [-0.3, -0.25) is 0 Å². The van der Waals surface area contributed by atoms with E-state index in [2.05, 4.69) is 243 Å². The SMILES string of the molecule is c1ccc(-c2cccc(-c3cccc(C4(c5cccc(-c6cccc(-c7ccccc7)c6)c5)c5cc6c(cc5-c5c(-c7ccccc7-c7ccccc7)cccc54)OCO6)c3)c2)cc1. The molecule has 2 aliphatic rings. The van der Waals surface area contributed by atoms with E-state index >= 15 is 0 Å². The van der Waals surface area contributed by atoms with Crippen molar-refractivity contribution in [1.82, 2.24) is 0 Å². The maximum Gasteiger partial charge on any atom is 0.231 e. The average Bonchev–Trinajstić information content (AvgIpc) is 3.97. The highest BCUT2D eigenvalue weighted by molar-refractivity contribution is 6.00. The molecule has 1 heterocycles. The summed E-state index contributed by atoms with van der Waals surface area (Å²) in [6.45, 7) is 0.192. The molecule has 0 fully saturated rings. The van der Waals surface area contributed by atoms with E-state index in [0.717, 1.165) is 28.2 Å². The fourth-order valence-electron chi connectivity index (χ4n) is 10.2. The lowest BCUT2D eigenvalue weighted by atomic mass is 9.66. The molecule has 1 aliphatic heterocycles. The predicted molar refractivity (Wildman–Crippen MR) is 262 cm³/mol. The van der Waals surface area contributed by atoms with E-state index in [9.17, 15) is 0 Å². The molecule has 2 heteroatoms. The molecule has 0 bridgehead atoms. The topological polar surface area (TPSA) is 18.5 Å². The van der Waals surface area contributed by atoms with Gasteiger partial charge in [0.25, 0.3) is 0 Å². The molecule has 0 atom stereocenters. The number of benzene rings is 10. The van der Waals surface area contributed by atoms with Crippen molar-refractivity contribution in [2.45, 2.75) is 5.41 Å². The molecule has 0 unspecified atom stereocenters. The zero-order valence-corrected chi connectivity index (χ0v) is 35.1. The van der Waals surface area contributed by atoms with Crippen LogP contribution in [0.5, 0.6) is 11.5 Å². The van der Waals surface area contributed by atoms with Crippen LogP contribution in [0.4, 0.5) is 0 Å². The van der Waals surface area contributed by atoms with Crippen molar-refractivity contribution in [3.63, 3.8) is 0 Å². The molecule has 0 saturated carbocycles. The van der Waals surface area contributed by atoms with Gasteiger partial charge in [0.15, 0.2) is 11.5 Å². The lowest BCUT2D eigenvalue weighted by Gasteiger charge is -2.35. The van der Waals surface area contributed by atoms with Gasteiger partial charge in [0, 0.05) is 0 Å². The van der Waals surface area contributed by atoms with Crippen LogP contribution in [0, 0.1) is 0 Å². The van der Waals surface area contributed by atoms with Gasteiger partial charge in [0.2, 0.25) is 6.79 Å². The summed E-state index contributed by atoms with van der Waals surface area (Å²) in [5, 5.41) is 0. The van der Waals surface area contributed by atoms with Crippen molar-refractivity contribution in [3.05, 3.63) is 265 Å². The fraction of sp³-hybridized carbons (Fsp3) is 0.0323. The summed E-state index contributed by atoms with van der Waals surface area (Å²) in [6, 6.07) is 88.4. The molecule has 0 N–H and O–H groups in total. The minimum atomic E-state index is -0.747. The first-order valence-corrected chi connectivity index (χ1v) is 22.0. The third kappa shape index (κ3) is 6.26. The first kappa shape index (κ1) is 37.6. The van der Waals surface area contributed by atoms with E-state index in [-0.39, 0.29) is 6.79 Å². The maximum absolute atomic E-state index is 6.25. The fourth-order valence-corrected chi connectivity index (χ4v) is 10.2. The standard InChI is InChI=1S/C62H42O2/c1-4-17-42(18-5-1)45-23-12-25-47(35-45)49-27-14-29-51(37-49)62(52-30-15-28-50(38-52)48-26-13-24-46(36-48)43-19-6-2-7-20-43)57-34-16-33-55(54-32-11-10-31-53(54)44-21-8-3-9-22-44)61(57)56-39-59-60(40-58(56)62)64-41-63-59/h1-40H,41H2. The molecule has 0 saturated heterocycles. The highest BCUT2D eigenvalue weighted by Crippen LogP contribution is 2.61. The molecule has 12 rings (SSSR count). The van der Waals surface area contributed by atoms with Crippen molar-refractivity contribution >= 4 is 0 Å². The molecule has 0 amide bonds. The Balaban J connectivity index is 1.14. The minimum absolute atomic E-state index is 0.192. The summed E-state index contributed by atoms with van der Waals surface area (Å²) in [6.07, 6.45) is 0. The second kappa shape index (κ2) is 15.6. The summed E-state index contributed by atoms with van der Waals surface area (Å²) in [7, 11) is 0. The van der Waals surface area contributed by atoms with Crippen molar-refractivity contribution in [2.75, 3.05) is 6.79 Å². The van der Waals surface area contributed by atoms with Crippen LogP contribution in [0.1, 0.15) is 22.3 Å². The summed E-state index contributed by atoms with van der Waals surface area (Å²) in [4.78, 5) is 0. The van der Waals surface area contributed by atoms with Crippen molar-refractivity contribution in [1.29, 1.82) is 0 Å². The van der Waals surface area contributed by atoms with Gasteiger partial charge < -0.3 is 9.47 Å². The normalized spacial score (nSPS) is 13.0. The summed E-state index contributed by atoms with van der Waals surface area (Å²) >= 11 is 0. The highest BCUT2D eigenvalue weighted by Gasteiger charge is 2.48. The monoisotopic (exact) mass is 818 g/mol. The maximum atomic E-state index is 6.25. The number of hydrogen-bond acceptors (Lipinski definition) is 2. The first-order valence-electron chi connectivity index (χ1n) is 22.0. The Bertz CT molecular complexity index is 3220. The van der Waals surface area contributed by atoms with Gasteiger partial charge in [0.05, 0.1) is 5.41 Å². The predicted octanol–water partition coefficient (Wildman–Crippen LogP) is 15.8. The zero-order valence-electron chi connectivity index (χ0n) is 35.1. The van der Waals surface area contributed by atoms with Gasteiger partial charge in [-0.05, 0) is 137 Å². The number of ether oxygens (including phenoxy) is 2. The quantitative estimate of drug-likeness (QED) is 0.152. The van der Waals surface area contributed by atoms with E-state index in [0.29, 0.717) is 0 Å². The third-order valence-corrected chi connectivity index (χ3v) is 13.2.